The lowest BCUT2D eigenvalue weighted by atomic mass is 10.2. The molecule has 2 aromatic carbocycles. The Hall–Kier alpha value is -1.76. The van der Waals surface area contributed by atoms with Crippen LogP contribution in [0.4, 0.5) is 0 Å². The van der Waals surface area contributed by atoms with Gasteiger partial charge in [-0.2, -0.15) is 3.97 Å². The molecule has 23 heavy (non-hydrogen) atoms. The number of halogens is 2. The molecule has 0 aliphatic heterocycles. The van der Waals surface area contributed by atoms with Crippen LogP contribution < -0.4 is 5.69 Å². The first kappa shape index (κ1) is 16.1. The lowest BCUT2D eigenvalue weighted by Gasteiger charge is -2.06. The third kappa shape index (κ3) is 3.29. The van der Waals surface area contributed by atoms with E-state index in [9.17, 15) is 13.2 Å². The molecule has 0 fully saturated rings. The summed E-state index contributed by atoms with van der Waals surface area (Å²) in [6, 6.07) is 11.6. The van der Waals surface area contributed by atoms with Gasteiger partial charge in [0.2, 0.25) is 10.0 Å². The molecule has 0 aliphatic carbocycles. The van der Waals surface area contributed by atoms with Crippen LogP contribution in [0.15, 0.2) is 47.3 Å². The highest BCUT2D eigenvalue weighted by molar-refractivity contribution is 7.90. The van der Waals surface area contributed by atoms with Crippen LogP contribution >= 0.6 is 23.2 Å². The third-order valence-electron chi connectivity index (χ3n) is 3.42. The van der Waals surface area contributed by atoms with Crippen molar-refractivity contribution in [3.8, 4) is 0 Å². The minimum Gasteiger partial charge on any atom is -0.305 e. The number of H-pyrrole nitrogens is 1. The Balaban J connectivity index is 1.98. The van der Waals surface area contributed by atoms with Crippen LogP contribution in [-0.4, -0.2) is 23.1 Å². The second-order valence-corrected chi connectivity index (χ2v) is 7.86. The zero-order valence-corrected chi connectivity index (χ0v) is 14.1. The van der Waals surface area contributed by atoms with Crippen molar-refractivity contribution in [1.82, 2.24) is 8.96 Å². The summed E-state index contributed by atoms with van der Waals surface area (Å²) in [7, 11) is -3.83. The number of nitrogens with zero attached hydrogens (tertiary/aromatic N) is 1. The zero-order chi connectivity index (χ0) is 16.6. The van der Waals surface area contributed by atoms with Crippen molar-refractivity contribution in [3.05, 3.63) is 68.6 Å². The predicted octanol–water partition coefficient (Wildman–Crippen LogP) is 3.06. The SMILES string of the molecule is O=c1[nH]c2ccc(Cl)cc2n1S(=O)(=O)CCc1cccc(Cl)c1. The van der Waals surface area contributed by atoms with E-state index in [1.54, 1.807) is 36.4 Å². The number of benzene rings is 2. The van der Waals surface area contributed by atoms with Crippen LogP contribution in [-0.2, 0) is 16.4 Å². The number of fused-ring (bicyclic) bond motifs is 1. The molecule has 0 radical (unpaired) electrons. The smallest absolute Gasteiger partial charge is 0.305 e. The van der Waals surface area contributed by atoms with Gasteiger partial charge in [0, 0.05) is 10.0 Å². The van der Waals surface area contributed by atoms with Gasteiger partial charge in [-0.3, -0.25) is 0 Å². The van der Waals surface area contributed by atoms with Crippen LogP contribution in [0.3, 0.4) is 0 Å². The molecule has 5 nitrogen and oxygen atoms in total. The second kappa shape index (κ2) is 6.03. The lowest BCUT2D eigenvalue weighted by Crippen LogP contribution is -2.28. The average Bonchev–Trinajstić information content (AvgIpc) is 2.81. The number of aryl methyl sites for hydroxylation is 1. The van der Waals surface area contributed by atoms with Crippen molar-refractivity contribution in [1.29, 1.82) is 0 Å². The van der Waals surface area contributed by atoms with Crippen molar-refractivity contribution in [2.75, 3.05) is 5.75 Å². The summed E-state index contributed by atoms with van der Waals surface area (Å²) in [5, 5.41) is 0.895. The molecule has 1 N–H and O–H groups in total. The maximum atomic E-state index is 12.6. The number of aromatic amines is 1. The number of hydrogen-bond acceptors (Lipinski definition) is 3. The number of aromatic nitrogens is 2. The van der Waals surface area contributed by atoms with E-state index < -0.39 is 15.7 Å². The highest BCUT2D eigenvalue weighted by atomic mass is 35.5. The lowest BCUT2D eigenvalue weighted by molar-refractivity contribution is 0.586. The predicted molar refractivity (Wildman–Crippen MR) is 91.9 cm³/mol. The Morgan fingerprint density at radius 3 is 2.52 bits per heavy atom. The molecule has 0 saturated carbocycles. The van der Waals surface area contributed by atoms with Crippen molar-refractivity contribution >= 4 is 44.3 Å². The molecule has 3 aromatic rings. The quantitative estimate of drug-likeness (QED) is 0.766. The molecule has 0 saturated heterocycles. The topological polar surface area (TPSA) is 71.9 Å². The minimum absolute atomic E-state index is 0.216. The van der Waals surface area contributed by atoms with E-state index in [2.05, 4.69) is 4.98 Å². The second-order valence-electron chi connectivity index (χ2n) is 5.05. The molecule has 0 amide bonds. The van der Waals surface area contributed by atoms with Crippen molar-refractivity contribution in [2.45, 2.75) is 6.42 Å². The molecule has 0 spiro atoms. The maximum absolute atomic E-state index is 12.6. The first-order chi connectivity index (χ1) is 10.9. The number of rotatable bonds is 4. The molecule has 0 aliphatic rings. The van der Waals surface area contributed by atoms with Crippen LogP contribution in [0.2, 0.25) is 10.0 Å². The summed E-state index contributed by atoms with van der Waals surface area (Å²) in [6.07, 6.45) is 0.253. The number of imidazole rings is 1. The fourth-order valence-corrected chi connectivity index (χ4v) is 4.17. The summed E-state index contributed by atoms with van der Waals surface area (Å²) >= 11 is 11.8. The minimum atomic E-state index is -3.83. The van der Waals surface area contributed by atoms with Crippen molar-refractivity contribution in [3.63, 3.8) is 0 Å². The van der Waals surface area contributed by atoms with Gasteiger partial charge in [0.1, 0.15) is 0 Å². The standard InChI is InChI=1S/C15H12Cl2N2O3S/c16-11-3-1-2-10(8-11)6-7-23(21,22)19-14-9-12(17)4-5-13(14)18-15(19)20/h1-5,8-9H,6-7H2,(H,18,20). The van der Waals surface area contributed by atoms with Crippen LogP contribution in [0, 0.1) is 0 Å². The number of hydrogen-bond donors (Lipinski definition) is 1. The van der Waals surface area contributed by atoms with E-state index in [1.807, 2.05) is 0 Å². The van der Waals surface area contributed by atoms with Crippen molar-refractivity contribution < 1.29 is 8.42 Å². The van der Waals surface area contributed by atoms with Gasteiger partial charge in [-0.05, 0) is 42.3 Å². The molecule has 0 bridgehead atoms. The zero-order valence-electron chi connectivity index (χ0n) is 11.8. The summed E-state index contributed by atoms with van der Waals surface area (Å²) < 4.78 is 25.9. The highest BCUT2D eigenvalue weighted by Crippen LogP contribution is 2.19. The first-order valence-corrected chi connectivity index (χ1v) is 9.11. The van der Waals surface area contributed by atoms with Gasteiger partial charge in [0.15, 0.2) is 0 Å². The average molecular weight is 371 g/mol. The van der Waals surface area contributed by atoms with Gasteiger partial charge < -0.3 is 4.98 Å². The molecule has 1 aromatic heterocycles. The van der Waals surface area contributed by atoms with Gasteiger partial charge >= 0.3 is 5.69 Å². The van der Waals surface area contributed by atoms with Gasteiger partial charge in [0.25, 0.3) is 0 Å². The Morgan fingerprint density at radius 2 is 1.78 bits per heavy atom. The Kier molecular flexibility index (Phi) is 4.23. The Bertz CT molecular complexity index is 1040. The van der Waals surface area contributed by atoms with Crippen molar-refractivity contribution in [2.24, 2.45) is 0 Å². The third-order valence-corrected chi connectivity index (χ3v) is 5.53. The highest BCUT2D eigenvalue weighted by Gasteiger charge is 2.20. The van der Waals surface area contributed by atoms with Crippen LogP contribution in [0.1, 0.15) is 5.56 Å². The van der Waals surface area contributed by atoms with E-state index >= 15 is 0 Å². The van der Waals surface area contributed by atoms with E-state index in [-0.39, 0.29) is 17.7 Å². The number of nitrogens with one attached hydrogen (secondary N) is 1. The van der Waals surface area contributed by atoms with E-state index in [1.165, 1.54) is 6.07 Å². The molecule has 8 heteroatoms. The monoisotopic (exact) mass is 370 g/mol. The molecule has 0 unspecified atom stereocenters. The summed E-state index contributed by atoms with van der Waals surface area (Å²) in [5.74, 6) is -0.216. The summed E-state index contributed by atoms with van der Waals surface area (Å²) in [5.41, 5.74) is 0.750. The van der Waals surface area contributed by atoms with Gasteiger partial charge in [-0.15, -0.1) is 0 Å². The molecule has 0 atom stereocenters. The van der Waals surface area contributed by atoms with Gasteiger partial charge in [-0.25, -0.2) is 13.2 Å². The molecule has 1 heterocycles. The molecular weight excluding hydrogens is 359 g/mol. The summed E-state index contributed by atoms with van der Waals surface area (Å²) in [6.45, 7) is 0. The molecule has 120 valence electrons. The van der Waals surface area contributed by atoms with Crippen LogP contribution in [0.25, 0.3) is 11.0 Å². The van der Waals surface area contributed by atoms with Gasteiger partial charge in [-0.1, -0.05) is 35.3 Å². The largest absolute Gasteiger partial charge is 0.340 e. The van der Waals surface area contributed by atoms with Gasteiger partial charge in [0.05, 0.1) is 16.8 Å². The van der Waals surface area contributed by atoms with E-state index in [0.717, 1.165) is 9.54 Å². The van der Waals surface area contributed by atoms with E-state index in [0.29, 0.717) is 15.6 Å². The van der Waals surface area contributed by atoms with E-state index in [4.69, 9.17) is 23.2 Å². The summed E-state index contributed by atoms with van der Waals surface area (Å²) in [4.78, 5) is 14.5. The Morgan fingerprint density at radius 1 is 1.04 bits per heavy atom. The normalized spacial score (nSPS) is 11.9. The first-order valence-electron chi connectivity index (χ1n) is 6.75. The fraction of sp³-hybridized carbons (Fsp3) is 0.133. The maximum Gasteiger partial charge on any atom is 0.340 e. The molecule has 3 rings (SSSR count). The Labute approximate surface area is 142 Å². The van der Waals surface area contributed by atoms with Crippen LogP contribution in [0.5, 0.6) is 0 Å². The molecular formula is C15H12Cl2N2O3S. The fourth-order valence-electron chi connectivity index (χ4n) is 2.36.